The lowest BCUT2D eigenvalue weighted by Gasteiger charge is -2.31. The van der Waals surface area contributed by atoms with E-state index >= 15 is 0 Å². The summed E-state index contributed by atoms with van der Waals surface area (Å²) in [4.78, 5) is 41.2. The second kappa shape index (κ2) is 15.2. The van der Waals surface area contributed by atoms with E-state index in [1.54, 1.807) is 26.0 Å². The molecular weight excluding hydrogens is 460 g/mol. The Balaban J connectivity index is 2.05. The lowest BCUT2D eigenvalue weighted by molar-refractivity contribution is -0.384. The molecule has 1 heterocycles. The van der Waals surface area contributed by atoms with Crippen molar-refractivity contribution in [3.8, 4) is 0 Å². The average Bonchev–Trinajstić information content (AvgIpc) is 2.86. The molecule has 0 bridgehead atoms. The standard InChI is InChI=1S/C28H40N2O6/c1-5-6-7-8-9-10-11-12-13-14-18-36-28(32)25-21(3)29-20(2)24(27(31)35-4)26(25)22-16-15-17-23(19-22)30(33)34/h15-17,19,24,26H,5-14,18H2,1-4H3. The Hall–Kier alpha value is -3.03. The van der Waals surface area contributed by atoms with E-state index in [-0.39, 0.29) is 17.9 Å². The summed E-state index contributed by atoms with van der Waals surface area (Å²) in [6.45, 7) is 5.89. The van der Waals surface area contributed by atoms with Gasteiger partial charge in [-0.25, -0.2) is 4.79 Å². The van der Waals surface area contributed by atoms with E-state index in [2.05, 4.69) is 11.9 Å². The van der Waals surface area contributed by atoms with Gasteiger partial charge in [0.2, 0.25) is 0 Å². The van der Waals surface area contributed by atoms with Crippen molar-refractivity contribution in [2.75, 3.05) is 13.7 Å². The third-order valence-electron chi connectivity index (χ3n) is 6.67. The summed E-state index contributed by atoms with van der Waals surface area (Å²) >= 11 is 0. The molecule has 8 nitrogen and oxygen atoms in total. The first-order chi connectivity index (χ1) is 17.3. The summed E-state index contributed by atoms with van der Waals surface area (Å²) in [5.41, 5.74) is 1.52. The highest BCUT2D eigenvalue weighted by Crippen LogP contribution is 2.40. The smallest absolute Gasteiger partial charge is 0.336 e. The highest BCUT2D eigenvalue weighted by atomic mass is 16.6. The molecule has 1 aliphatic heterocycles. The summed E-state index contributed by atoms with van der Waals surface area (Å²) in [5, 5.41) is 11.4. The fraction of sp³-hybridized carbons (Fsp3) is 0.607. The van der Waals surface area contributed by atoms with Crippen LogP contribution in [0.4, 0.5) is 5.69 Å². The number of nitrogens with zero attached hydrogens (tertiary/aromatic N) is 2. The zero-order chi connectivity index (χ0) is 26.5. The van der Waals surface area contributed by atoms with Crippen LogP contribution in [0.25, 0.3) is 0 Å². The van der Waals surface area contributed by atoms with Gasteiger partial charge in [0.05, 0.1) is 24.2 Å². The fourth-order valence-electron chi connectivity index (χ4n) is 4.76. The zero-order valence-electron chi connectivity index (χ0n) is 22.1. The van der Waals surface area contributed by atoms with Gasteiger partial charge in [-0.15, -0.1) is 0 Å². The van der Waals surface area contributed by atoms with Crippen LogP contribution in [-0.2, 0) is 19.1 Å². The second-order valence-corrected chi connectivity index (χ2v) is 9.40. The van der Waals surface area contributed by atoms with Crippen LogP contribution in [0.3, 0.4) is 0 Å². The van der Waals surface area contributed by atoms with E-state index in [1.807, 2.05) is 0 Å². The molecule has 8 heteroatoms. The number of unbranched alkanes of at least 4 members (excludes halogenated alkanes) is 9. The van der Waals surface area contributed by atoms with Gasteiger partial charge in [-0.1, -0.05) is 76.8 Å². The topological polar surface area (TPSA) is 108 Å². The van der Waals surface area contributed by atoms with Crippen LogP contribution in [0, 0.1) is 16.0 Å². The first kappa shape index (κ1) is 29.2. The lowest BCUT2D eigenvalue weighted by Crippen LogP contribution is -2.36. The van der Waals surface area contributed by atoms with Crippen LogP contribution < -0.4 is 0 Å². The van der Waals surface area contributed by atoms with Crippen LogP contribution >= 0.6 is 0 Å². The molecule has 1 aromatic rings. The fourth-order valence-corrected chi connectivity index (χ4v) is 4.76. The van der Waals surface area contributed by atoms with Crippen molar-refractivity contribution in [3.05, 3.63) is 51.2 Å². The van der Waals surface area contributed by atoms with Crippen LogP contribution in [-0.4, -0.2) is 36.3 Å². The van der Waals surface area contributed by atoms with Crippen molar-refractivity contribution in [2.24, 2.45) is 10.9 Å². The Morgan fingerprint density at radius 3 is 2.19 bits per heavy atom. The number of esters is 2. The summed E-state index contributed by atoms with van der Waals surface area (Å²) in [5.74, 6) is -2.76. The molecule has 0 aliphatic carbocycles. The highest BCUT2D eigenvalue weighted by Gasteiger charge is 2.42. The largest absolute Gasteiger partial charge is 0.468 e. The number of benzene rings is 1. The lowest BCUT2D eigenvalue weighted by atomic mass is 9.75. The number of nitro groups is 1. The maximum absolute atomic E-state index is 13.2. The molecule has 2 rings (SSSR count). The average molecular weight is 501 g/mol. The van der Waals surface area contributed by atoms with Crippen molar-refractivity contribution in [1.82, 2.24) is 0 Å². The van der Waals surface area contributed by atoms with Gasteiger partial charge in [0.1, 0.15) is 5.92 Å². The van der Waals surface area contributed by atoms with Gasteiger partial charge in [-0.05, 0) is 25.8 Å². The molecule has 0 radical (unpaired) electrons. The van der Waals surface area contributed by atoms with Gasteiger partial charge in [-0.2, -0.15) is 0 Å². The monoisotopic (exact) mass is 500 g/mol. The molecule has 0 amide bonds. The summed E-state index contributed by atoms with van der Waals surface area (Å²) in [6.07, 6.45) is 11.8. The predicted molar refractivity (Wildman–Crippen MR) is 140 cm³/mol. The summed E-state index contributed by atoms with van der Waals surface area (Å²) in [7, 11) is 1.27. The van der Waals surface area contributed by atoms with Crippen molar-refractivity contribution in [2.45, 2.75) is 90.9 Å². The number of non-ortho nitro benzene ring substituents is 1. The van der Waals surface area contributed by atoms with Crippen LogP contribution in [0.15, 0.2) is 40.5 Å². The van der Waals surface area contributed by atoms with E-state index in [9.17, 15) is 19.7 Å². The maximum atomic E-state index is 13.2. The molecule has 0 N–H and O–H groups in total. The molecule has 0 fully saturated rings. The van der Waals surface area contributed by atoms with E-state index in [1.165, 1.54) is 64.2 Å². The number of hydrogen-bond acceptors (Lipinski definition) is 7. The van der Waals surface area contributed by atoms with E-state index in [0.29, 0.717) is 17.0 Å². The van der Waals surface area contributed by atoms with Crippen molar-refractivity contribution in [1.29, 1.82) is 0 Å². The minimum Gasteiger partial charge on any atom is -0.468 e. The first-order valence-electron chi connectivity index (χ1n) is 13.1. The highest BCUT2D eigenvalue weighted by molar-refractivity contribution is 6.07. The molecule has 198 valence electrons. The molecule has 1 aromatic carbocycles. The predicted octanol–water partition coefficient (Wildman–Crippen LogP) is 6.68. The van der Waals surface area contributed by atoms with Crippen molar-refractivity contribution in [3.63, 3.8) is 0 Å². The Kier molecular flexibility index (Phi) is 12.3. The molecular formula is C28H40N2O6. The zero-order valence-corrected chi connectivity index (χ0v) is 22.1. The third-order valence-corrected chi connectivity index (χ3v) is 6.67. The number of hydrogen-bond donors (Lipinski definition) is 0. The SMILES string of the molecule is CCCCCCCCCCCCOC(=O)C1=C(C)N=C(C)C(C(=O)OC)C1c1cccc([N+](=O)[O-])c1. The third kappa shape index (κ3) is 8.28. The number of carbonyl (C=O) groups is 2. The molecule has 2 atom stereocenters. The number of ether oxygens (including phenoxy) is 2. The number of methoxy groups -OCH3 is 1. The summed E-state index contributed by atoms with van der Waals surface area (Å²) in [6, 6.07) is 5.99. The molecule has 1 aliphatic rings. The van der Waals surface area contributed by atoms with Crippen LogP contribution in [0.1, 0.15) is 96.5 Å². The van der Waals surface area contributed by atoms with Gasteiger partial charge in [0.25, 0.3) is 5.69 Å². The van der Waals surface area contributed by atoms with Crippen LogP contribution in [0.5, 0.6) is 0 Å². The van der Waals surface area contributed by atoms with E-state index in [0.717, 1.165) is 19.3 Å². The molecule has 0 aromatic heterocycles. The quantitative estimate of drug-likeness (QED) is 0.115. The number of allylic oxidation sites excluding steroid dienone is 1. The van der Waals surface area contributed by atoms with Gasteiger partial charge in [-0.3, -0.25) is 19.9 Å². The van der Waals surface area contributed by atoms with Crippen molar-refractivity contribution >= 4 is 23.3 Å². The van der Waals surface area contributed by atoms with Gasteiger partial charge >= 0.3 is 11.9 Å². The van der Waals surface area contributed by atoms with Gasteiger partial charge in [0, 0.05) is 29.5 Å². The Morgan fingerprint density at radius 1 is 1.00 bits per heavy atom. The molecule has 0 saturated carbocycles. The Labute approximate surface area is 214 Å². The Bertz CT molecular complexity index is 969. The molecule has 0 saturated heterocycles. The Morgan fingerprint density at radius 2 is 1.61 bits per heavy atom. The molecule has 0 spiro atoms. The second-order valence-electron chi connectivity index (χ2n) is 9.40. The maximum Gasteiger partial charge on any atom is 0.336 e. The minimum absolute atomic E-state index is 0.119. The van der Waals surface area contributed by atoms with Crippen molar-refractivity contribution < 1.29 is 24.0 Å². The van der Waals surface area contributed by atoms with Crippen LogP contribution in [0.2, 0.25) is 0 Å². The van der Waals surface area contributed by atoms with Gasteiger partial charge in [0.15, 0.2) is 0 Å². The normalized spacial score (nSPS) is 17.5. The number of aliphatic imine (C=N–C) groups is 1. The minimum atomic E-state index is -0.874. The number of rotatable bonds is 15. The molecule has 36 heavy (non-hydrogen) atoms. The summed E-state index contributed by atoms with van der Waals surface area (Å²) < 4.78 is 10.6. The number of nitro benzene ring substituents is 1. The van der Waals surface area contributed by atoms with E-state index in [4.69, 9.17) is 9.47 Å². The van der Waals surface area contributed by atoms with Gasteiger partial charge < -0.3 is 9.47 Å². The number of carbonyl (C=O) groups excluding carboxylic acids is 2. The van der Waals surface area contributed by atoms with E-state index < -0.39 is 28.7 Å². The molecule has 2 unspecified atom stereocenters. The first-order valence-corrected chi connectivity index (χ1v) is 13.1.